The van der Waals surface area contributed by atoms with Crippen LogP contribution in [-0.2, 0) is 9.59 Å². The summed E-state index contributed by atoms with van der Waals surface area (Å²) in [4.78, 5) is 24.0. The largest absolute Gasteiger partial charge is 0.300 e. The maximum Gasteiger partial charge on any atom is 0.156 e. The van der Waals surface area contributed by atoms with Gasteiger partial charge in [0.1, 0.15) is 5.78 Å². The zero-order valence-electron chi connectivity index (χ0n) is 14.6. The van der Waals surface area contributed by atoms with Crippen LogP contribution in [-0.4, -0.2) is 11.6 Å². The van der Waals surface area contributed by atoms with Crippen molar-refractivity contribution in [2.75, 3.05) is 0 Å². The van der Waals surface area contributed by atoms with E-state index in [0.717, 1.165) is 12.8 Å². The van der Waals surface area contributed by atoms with E-state index >= 15 is 0 Å². The van der Waals surface area contributed by atoms with Gasteiger partial charge >= 0.3 is 0 Å². The molecule has 0 unspecified atom stereocenters. The van der Waals surface area contributed by atoms with Gasteiger partial charge in [-0.15, -0.1) is 0 Å². The summed E-state index contributed by atoms with van der Waals surface area (Å²) in [6.45, 7) is 6.54. The highest BCUT2D eigenvalue weighted by atomic mass is 16.1. The highest BCUT2D eigenvalue weighted by Gasteiger charge is 2.58. The van der Waals surface area contributed by atoms with Crippen LogP contribution in [0.3, 0.4) is 0 Å². The number of ketones is 2. The van der Waals surface area contributed by atoms with E-state index in [4.69, 9.17) is 0 Å². The number of carbonyl (C=O) groups is 2. The van der Waals surface area contributed by atoms with Crippen molar-refractivity contribution in [3.8, 4) is 0 Å². The first-order chi connectivity index (χ1) is 10.9. The van der Waals surface area contributed by atoms with Gasteiger partial charge in [-0.05, 0) is 79.3 Å². The SMILES string of the molecule is CC(=O)[C@@H]1CC[C@@H]2[C@H]3C=CC4=CC(=O)CC[C@]4(C)[C@@H]3CC[C@@]21C. The van der Waals surface area contributed by atoms with Crippen LogP contribution < -0.4 is 0 Å². The molecule has 0 heterocycles. The van der Waals surface area contributed by atoms with Crippen molar-refractivity contribution in [1.82, 2.24) is 0 Å². The van der Waals surface area contributed by atoms with Crippen LogP contribution in [0.2, 0.25) is 0 Å². The van der Waals surface area contributed by atoms with Crippen molar-refractivity contribution in [2.24, 2.45) is 34.5 Å². The van der Waals surface area contributed by atoms with E-state index in [2.05, 4.69) is 26.0 Å². The van der Waals surface area contributed by atoms with Crippen molar-refractivity contribution in [3.63, 3.8) is 0 Å². The fourth-order valence-electron chi connectivity index (χ4n) is 6.66. The Morgan fingerprint density at radius 1 is 1.13 bits per heavy atom. The number of Topliss-reactive ketones (excluding diaryl/α,β-unsaturated/α-hetero) is 1. The molecule has 2 saturated carbocycles. The van der Waals surface area contributed by atoms with Gasteiger partial charge < -0.3 is 0 Å². The van der Waals surface area contributed by atoms with E-state index in [-0.39, 0.29) is 16.7 Å². The zero-order valence-corrected chi connectivity index (χ0v) is 14.6. The van der Waals surface area contributed by atoms with Crippen LogP contribution in [0.5, 0.6) is 0 Å². The van der Waals surface area contributed by atoms with Crippen molar-refractivity contribution in [1.29, 1.82) is 0 Å². The highest BCUT2D eigenvalue weighted by molar-refractivity contribution is 5.92. The first-order valence-electron chi connectivity index (χ1n) is 9.30. The summed E-state index contributed by atoms with van der Waals surface area (Å²) in [5.74, 6) is 2.83. The second kappa shape index (κ2) is 4.91. The lowest BCUT2D eigenvalue weighted by Gasteiger charge is -2.55. The van der Waals surface area contributed by atoms with Gasteiger partial charge in [0.05, 0.1) is 0 Å². The fraction of sp³-hybridized carbons (Fsp3) is 0.714. The second-order valence-corrected chi connectivity index (χ2v) is 8.92. The number of fused-ring (bicyclic) bond motifs is 5. The molecule has 2 fully saturated rings. The Kier molecular flexibility index (Phi) is 3.28. The van der Waals surface area contributed by atoms with Gasteiger partial charge in [-0.2, -0.15) is 0 Å². The van der Waals surface area contributed by atoms with Crippen molar-refractivity contribution < 1.29 is 9.59 Å². The maximum absolute atomic E-state index is 12.1. The Bertz CT molecular complexity index is 628. The summed E-state index contributed by atoms with van der Waals surface area (Å²) < 4.78 is 0. The summed E-state index contributed by atoms with van der Waals surface area (Å²) in [5.41, 5.74) is 1.63. The summed E-state index contributed by atoms with van der Waals surface area (Å²) in [6, 6.07) is 0. The smallest absolute Gasteiger partial charge is 0.156 e. The first kappa shape index (κ1) is 15.4. The molecule has 2 nitrogen and oxygen atoms in total. The van der Waals surface area contributed by atoms with Gasteiger partial charge in [0, 0.05) is 12.3 Å². The molecule has 0 saturated heterocycles. The van der Waals surface area contributed by atoms with Gasteiger partial charge in [0.25, 0.3) is 0 Å². The Morgan fingerprint density at radius 2 is 1.91 bits per heavy atom. The summed E-state index contributed by atoms with van der Waals surface area (Å²) in [7, 11) is 0. The average molecular weight is 312 g/mol. The summed E-state index contributed by atoms with van der Waals surface area (Å²) in [6.07, 6.45) is 12.9. The predicted octanol–water partition coefficient (Wildman–Crippen LogP) is 4.50. The highest BCUT2D eigenvalue weighted by Crippen LogP contribution is 2.65. The molecule has 4 aliphatic rings. The van der Waals surface area contributed by atoms with Crippen LogP contribution >= 0.6 is 0 Å². The maximum atomic E-state index is 12.1. The lowest BCUT2D eigenvalue weighted by molar-refractivity contribution is -0.127. The molecular formula is C21H28O2. The van der Waals surface area contributed by atoms with Crippen LogP contribution in [0.15, 0.2) is 23.8 Å². The fourth-order valence-corrected chi connectivity index (χ4v) is 6.66. The number of rotatable bonds is 1. The number of hydrogen-bond acceptors (Lipinski definition) is 2. The summed E-state index contributed by atoms with van der Waals surface area (Å²) >= 11 is 0. The summed E-state index contributed by atoms with van der Waals surface area (Å²) in [5, 5.41) is 0. The van der Waals surface area contributed by atoms with E-state index in [9.17, 15) is 9.59 Å². The monoisotopic (exact) mass is 312 g/mol. The minimum absolute atomic E-state index is 0.170. The van der Waals surface area contributed by atoms with Gasteiger partial charge in [0.2, 0.25) is 0 Å². The van der Waals surface area contributed by atoms with Gasteiger partial charge in [0.15, 0.2) is 5.78 Å². The van der Waals surface area contributed by atoms with Crippen LogP contribution in [0, 0.1) is 34.5 Å². The molecule has 23 heavy (non-hydrogen) atoms. The van der Waals surface area contributed by atoms with Gasteiger partial charge in [-0.25, -0.2) is 0 Å². The molecule has 4 rings (SSSR count). The lowest BCUT2D eigenvalue weighted by atomic mass is 9.48. The minimum Gasteiger partial charge on any atom is -0.300 e. The molecule has 124 valence electrons. The molecule has 0 aromatic rings. The third-order valence-corrected chi connectivity index (χ3v) is 8.01. The normalized spacial score (nSPS) is 48.3. The van der Waals surface area contributed by atoms with Crippen LogP contribution in [0.1, 0.15) is 59.3 Å². The van der Waals surface area contributed by atoms with Gasteiger partial charge in [-0.3, -0.25) is 9.59 Å². The Morgan fingerprint density at radius 3 is 2.65 bits per heavy atom. The third-order valence-electron chi connectivity index (χ3n) is 8.01. The van der Waals surface area contributed by atoms with Crippen molar-refractivity contribution in [3.05, 3.63) is 23.8 Å². The third kappa shape index (κ3) is 1.99. The molecule has 4 aliphatic carbocycles. The van der Waals surface area contributed by atoms with E-state index < -0.39 is 0 Å². The molecule has 2 heteroatoms. The molecule has 0 amide bonds. The molecule has 0 aromatic carbocycles. The van der Waals surface area contributed by atoms with Crippen molar-refractivity contribution in [2.45, 2.75) is 59.3 Å². The van der Waals surface area contributed by atoms with E-state index in [0.29, 0.717) is 35.7 Å². The number of allylic oxidation sites excluding steroid dienone is 4. The predicted molar refractivity (Wildman–Crippen MR) is 90.8 cm³/mol. The van der Waals surface area contributed by atoms with Crippen LogP contribution in [0.25, 0.3) is 0 Å². The molecule has 0 bridgehead atoms. The Hall–Kier alpha value is -1.18. The van der Waals surface area contributed by atoms with Crippen LogP contribution in [0.4, 0.5) is 0 Å². The molecule has 0 N–H and O–H groups in total. The standard InChI is InChI=1S/C21H28O2/c1-13(22)17-6-7-18-16-5-4-14-12-15(23)8-10-20(14,2)19(16)9-11-21(17,18)3/h4-5,12,16-19H,6-11H2,1-3H3/t16-,17+,18-,19-,20+,21-/m1/s1. The number of carbonyl (C=O) groups excluding carboxylic acids is 2. The molecule has 0 aromatic heterocycles. The molecule has 0 aliphatic heterocycles. The zero-order chi connectivity index (χ0) is 16.4. The van der Waals surface area contributed by atoms with Crippen molar-refractivity contribution >= 4 is 11.6 Å². The molecular weight excluding hydrogens is 284 g/mol. The average Bonchev–Trinajstić information content (AvgIpc) is 2.85. The van der Waals surface area contributed by atoms with E-state index in [1.54, 1.807) is 6.92 Å². The van der Waals surface area contributed by atoms with E-state index in [1.165, 1.54) is 24.8 Å². The molecule has 0 spiro atoms. The first-order valence-corrected chi connectivity index (χ1v) is 9.30. The number of hydrogen-bond donors (Lipinski definition) is 0. The minimum atomic E-state index is 0.170. The lowest BCUT2D eigenvalue weighted by Crippen LogP contribution is -2.49. The topological polar surface area (TPSA) is 34.1 Å². The quantitative estimate of drug-likeness (QED) is 0.714. The molecule has 0 radical (unpaired) electrons. The van der Waals surface area contributed by atoms with Gasteiger partial charge in [-0.1, -0.05) is 26.0 Å². The Balaban J connectivity index is 1.72. The Labute approximate surface area is 139 Å². The molecule has 6 atom stereocenters. The van der Waals surface area contributed by atoms with E-state index in [1.807, 2.05) is 6.08 Å². The second-order valence-electron chi connectivity index (χ2n) is 8.92.